The second kappa shape index (κ2) is 10.8. The van der Waals surface area contributed by atoms with Gasteiger partial charge in [-0.1, -0.05) is 38.1 Å². The molecule has 204 valence electrons. The van der Waals surface area contributed by atoms with Gasteiger partial charge in [0.05, 0.1) is 12.5 Å². The molecule has 0 spiro atoms. The van der Waals surface area contributed by atoms with Gasteiger partial charge in [-0.2, -0.15) is 0 Å². The van der Waals surface area contributed by atoms with Crippen molar-refractivity contribution in [2.45, 2.75) is 77.3 Å². The fourth-order valence-electron chi connectivity index (χ4n) is 5.46. The van der Waals surface area contributed by atoms with E-state index < -0.39 is 23.8 Å². The molecule has 3 heterocycles. The Hall–Kier alpha value is -3.71. The molecule has 6 nitrogen and oxygen atoms in total. The molecule has 7 heteroatoms. The summed E-state index contributed by atoms with van der Waals surface area (Å²) in [4.78, 5) is 16.2. The summed E-state index contributed by atoms with van der Waals surface area (Å²) in [6, 6.07) is 10.1. The number of esters is 1. The predicted octanol–water partition coefficient (Wildman–Crippen LogP) is 6.38. The second-order valence-electron chi connectivity index (χ2n) is 11.2. The summed E-state index contributed by atoms with van der Waals surface area (Å²) in [7, 11) is 0. The zero-order valence-corrected chi connectivity index (χ0v) is 22.7. The Kier molecular flexibility index (Phi) is 7.45. The summed E-state index contributed by atoms with van der Waals surface area (Å²) in [5, 5.41) is 10.1. The maximum absolute atomic E-state index is 14.0. The average molecular weight is 532 g/mol. The van der Waals surface area contributed by atoms with Crippen molar-refractivity contribution in [2.24, 2.45) is 0 Å². The fourth-order valence-corrected chi connectivity index (χ4v) is 5.46. The number of aliphatic hydroxyl groups excluding tert-OH is 1. The van der Waals surface area contributed by atoms with Gasteiger partial charge in [-0.25, -0.2) is 4.39 Å². The highest BCUT2D eigenvalue weighted by atomic mass is 19.1. The van der Waals surface area contributed by atoms with Gasteiger partial charge in [0.15, 0.2) is 11.5 Å². The van der Waals surface area contributed by atoms with Crippen LogP contribution >= 0.6 is 0 Å². The lowest BCUT2D eigenvalue weighted by atomic mass is 9.83. The zero-order valence-electron chi connectivity index (χ0n) is 22.7. The lowest BCUT2D eigenvalue weighted by molar-refractivity contribution is -0.156. The van der Waals surface area contributed by atoms with E-state index in [0.717, 1.165) is 33.4 Å². The van der Waals surface area contributed by atoms with Crippen LogP contribution in [0.4, 0.5) is 4.39 Å². The minimum atomic E-state index is -0.741. The van der Waals surface area contributed by atoms with Gasteiger partial charge >= 0.3 is 5.97 Å². The SMILES string of the molecule is CC(C)c1c(C=C[C@@H]2C[C@@H](O)CC(=O)O2)c(-c2ccc(F)cc2)c(OCc2cccnc2)c2c1CC(C)(C)O2. The van der Waals surface area contributed by atoms with Crippen LogP contribution in [0.2, 0.25) is 0 Å². The predicted molar refractivity (Wildman–Crippen MR) is 147 cm³/mol. The molecule has 2 atom stereocenters. The van der Waals surface area contributed by atoms with Crippen molar-refractivity contribution in [2.75, 3.05) is 0 Å². The largest absolute Gasteiger partial charge is 0.484 e. The highest BCUT2D eigenvalue weighted by molar-refractivity contribution is 5.87. The third-order valence-electron chi connectivity index (χ3n) is 7.06. The highest BCUT2D eigenvalue weighted by Gasteiger charge is 2.38. The molecule has 0 saturated carbocycles. The number of nitrogens with zero attached hydrogens (tertiary/aromatic N) is 1. The smallest absolute Gasteiger partial charge is 0.309 e. The van der Waals surface area contributed by atoms with E-state index in [1.807, 2.05) is 24.3 Å². The summed E-state index contributed by atoms with van der Waals surface area (Å²) in [6.07, 6.45) is 6.98. The van der Waals surface area contributed by atoms with E-state index in [9.17, 15) is 14.3 Å². The quantitative estimate of drug-likeness (QED) is 0.356. The van der Waals surface area contributed by atoms with Gasteiger partial charge in [0.25, 0.3) is 0 Å². The molecule has 0 bridgehead atoms. The van der Waals surface area contributed by atoms with Crippen molar-refractivity contribution in [1.29, 1.82) is 0 Å². The van der Waals surface area contributed by atoms with Crippen LogP contribution in [0.1, 0.15) is 68.7 Å². The van der Waals surface area contributed by atoms with Crippen molar-refractivity contribution in [3.8, 4) is 22.6 Å². The number of pyridine rings is 1. The Labute approximate surface area is 228 Å². The Morgan fingerprint density at radius 1 is 1.23 bits per heavy atom. The third-order valence-corrected chi connectivity index (χ3v) is 7.06. The average Bonchev–Trinajstić information content (AvgIpc) is 3.20. The van der Waals surface area contributed by atoms with Crippen LogP contribution in [0.15, 0.2) is 54.9 Å². The van der Waals surface area contributed by atoms with Crippen molar-refractivity contribution in [3.05, 3.63) is 82.9 Å². The molecule has 2 aromatic carbocycles. The molecule has 1 aromatic heterocycles. The number of carbonyl (C=O) groups excluding carboxylic acids is 1. The van der Waals surface area contributed by atoms with Gasteiger partial charge in [0, 0.05) is 41.9 Å². The number of aliphatic hydroxyl groups is 1. The van der Waals surface area contributed by atoms with Gasteiger partial charge in [0.1, 0.15) is 24.1 Å². The van der Waals surface area contributed by atoms with E-state index in [4.69, 9.17) is 14.2 Å². The van der Waals surface area contributed by atoms with Gasteiger partial charge in [-0.05, 0) is 60.7 Å². The van der Waals surface area contributed by atoms with Gasteiger partial charge < -0.3 is 19.3 Å². The Morgan fingerprint density at radius 3 is 2.67 bits per heavy atom. The van der Waals surface area contributed by atoms with Crippen LogP contribution in [-0.4, -0.2) is 33.9 Å². The van der Waals surface area contributed by atoms with Gasteiger partial charge in [-0.15, -0.1) is 0 Å². The van der Waals surface area contributed by atoms with Crippen LogP contribution in [0.5, 0.6) is 11.5 Å². The topological polar surface area (TPSA) is 77.9 Å². The van der Waals surface area contributed by atoms with E-state index in [0.29, 0.717) is 24.3 Å². The molecule has 0 unspecified atom stereocenters. The van der Waals surface area contributed by atoms with E-state index in [2.05, 4.69) is 32.7 Å². The Balaban J connectivity index is 1.72. The van der Waals surface area contributed by atoms with E-state index in [-0.39, 0.29) is 24.8 Å². The van der Waals surface area contributed by atoms with Gasteiger partial charge in [0.2, 0.25) is 0 Å². The van der Waals surface area contributed by atoms with Crippen molar-refractivity contribution < 1.29 is 28.5 Å². The third kappa shape index (κ3) is 5.83. The number of benzene rings is 2. The first-order chi connectivity index (χ1) is 18.6. The van der Waals surface area contributed by atoms with Crippen LogP contribution in [-0.2, 0) is 22.6 Å². The Morgan fingerprint density at radius 2 is 2.00 bits per heavy atom. The lowest BCUT2D eigenvalue weighted by Crippen LogP contribution is -2.31. The maximum atomic E-state index is 14.0. The summed E-state index contributed by atoms with van der Waals surface area (Å²) in [5.41, 5.74) is 5.08. The molecule has 5 rings (SSSR count). The highest BCUT2D eigenvalue weighted by Crippen LogP contribution is 2.53. The first-order valence-corrected chi connectivity index (χ1v) is 13.4. The van der Waals surface area contributed by atoms with E-state index >= 15 is 0 Å². The van der Waals surface area contributed by atoms with E-state index in [1.165, 1.54) is 12.1 Å². The van der Waals surface area contributed by atoms with Crippen LogP contribution < -0.4 is 9.47 Å². The first kappa shape index (κ1) is 26.9. The van der Waals surface area contributed by atoms with Crippen molar-refractivity contribution in [3.63, 3.8) is 0 Å². The lowest BCUT2D eigenvalue weighted by Gasteiger charge is -2.25. The molecule has 2 aliphatic heterocycles. The van der Waals surface area contributed by atoms with Crippen LogP contribution in [0.3, 0.4) is 0 Å². The number of fused-ring (bicyclic) bond motifs is 1. The normalized spacial score (nSPS) is 20.1. The number of halogens is 1. The minimum Gasteiger partial charge on any atom is -0.484 e. The molecule has 0 amide bonds. The first-order valence-electron chi connectivity index (χ1n) is 13.4. The van der Waals surface area contributed by atoms with E-state index in [1.54, 1.807) is 24.5 Å². The number of hydrogen-bond donors (Lipinski definition) is 1. The van der Waals surface area contributed by atoms with Crippen LogP contribution in [0.25, 0.3) is 17.2 Å². The molecule has 2 aliphatic rings. The molecule has 0 aliphatic carbocycles. The molecular weight excluding hydrogens is 497 g/mol. The Bertz CT molecular complexity index is 1380. The molecule has 0 radical (unpaired) electrons. The standard InChI is InChI=1S/C32H34FNO5/c1-19(2)28-25(12-11-24-14-23(35)15-27(36)38-24)29(21-7-9-22(33)10-8-21)31(30-26(28)16-32(3,4)39-30)37-18-20-6-5-13-34-17-20/h5-13,17,19,23-24,35H,14-16,18H2,1-4H3/t23-,24-/m1/s1. The zero-order chi connectivity index (χ0) is 27.7. The number of hydrogen-bond acceptors (Lipinski definition) is 6. The maximum Gasteiger partial charge on any atom is 0.309 e. The van der Waals surface area contributed by atoms with Crippen molar-refractivity contribution in [1.82, 2.24) is 4.98 Å². The number of cyclic esters (lactones) is 1. The number of carbonyl (C=O) groups is 1. The summed E-state index contributed by atoms with van der Waals surface area (Å²) >= 11 is 0. The molecule has 1 N–H and O–H groups in total. The number of rotatable bonds is 7. The summed E-state index contributed by atoms with van der Waals surface area (Å²) in [6.45, 7) is 8.64. The second-order valence-corrected chi connectivity index (χ2v) is 11.2. The molecule has 39 heavy (non-hydrogen) atoms. The molecular formula is C32H34FNO5. The molecule has 3 aromatic rings. The number of aromatic nitrogens is 1. The summed E-state index contributed by atoms with van der Waals surface area (Å²) in [5.74, 6) is 0.650. The van der Waals surface area contributed by atoms with Crippen LogP contribution in [0, 0.1) is 5.82 Å². The minimum absolute atomic E-state index is 0.0000113. The van der Waals surface area contributed by atoms with Gasteiger partial charge in [-0.3, -0.25) is 9.78 Å². The molecule has 1 saturated heterocycles. The fraction of sp³-hybridized carbons (Fsp3) is 0.375. The number of ether oxygens (including phenoxy) is 3. The monoisotopic (exact) mass is 531 g/mol. The summed E-state index contributed by atoms with van der Waals surface area (Å²) < 4.78 is 32.6. The van der Waals surface area contributed by atoms with Crippen molar-refractivity contribution >= 4 is 12.0 Å². The molecule has 1 fully saturated rings.